The molecule has 2 aromatic heterocycles. The third kappa shape index (κ3) is 7.31. The topological polar surface area (TPSA) is 117 Å². The molecule has 2 aromatic carbocycles. The van der Waals surface area contributed by atoms with Gasteiger partial charge in [-0.15, -0.1) is 0 Å². The zero-order valence-corrected chi connectivity index (χ0v) is 23.2. The van der Waals surface area contributed by atoms with Gasteiger partial charge >= 0.3 is 0 Å². The molecule has 0 saturated carbocycles. The first-order valence-electron chi connectivity index (χ1n) is 12.7. The number of hydrogen-bond acceptors (Lipinski definition) is 6. The van der Waals surface area contributed by atoms with E-state index in [2.05, 4.69) is 15.2 Å². The summed E-state index contributed by atoms with van der Waals surface area (Å²) in [6, 6.07) is 20.0. The Kier molecular flexibility index (Phi) is 9.27. The van der Waals surface area contributed by atoms with Gasteiger partial charge in [-0.25, -0.2) is 4.98 Å². The lowest BCUT2D eigenvalue weighted by Gasteiger charge is -2.12. The van der Waals surface area contributed by atoms with Crippen LogP contribution in [0.3, 0.4) is 0 Å². The van der Waals surface area contributed by atoms with Crippen molar-refractivity contribution in [2.75, 3.05) is 26.4 Å². The second-order valence-corrected chi connectivity index (χ2v) is 10.0. The second-order valence-electron chi connectivity index (χ2n) is 9.61. The Hall–Kier alpha value is -4.53. The molecule has 8 nitrogen and oxygen atoms in total. The molecule has 2 heterocycles. The number of carbonyl (C=O) groups is 1. The molecule has 0 atom stereocenters. The van der Waals surface area contributed by atoms with E-state index in [1.165, 1.54) is 16.2 Å². The number of rotatable bonds is 10. The van der Waals surface area contributed by atoms with E-state index in [9.17, 15) is 9.59 Å². The molecule has 9 heteroatoms. The monoisotopic (exact) mass is 554 g/mol. The van der Waals surface area contributed by atoms with Gasteiger partial charge in [-0.1, -0.05) is 66.2 Å². The van der Waals surface area contributed by atoms with Gasteiger partial charge < -0.3 is 20.5 Å². The van der Waals surface area contributed by atoms with Crippen LogP contribution in [0.25, 0.3) is 6.08 Å². The Morgan fingerprint density at radius 1 is 1.07 bits per heavy atom. The number of amides is 1. The van der Waals surface area contributed by atoms with Crippen molar-refractivity contribution < 1.29 is 4.79 Å². The summed E-state index contributed by atoms with van der Waals surface area (Å²) < 4.78 is 1.45. The fraction of sp³-hybridized carbons (Fsp3) is 0.161. The first-order valence-corrected chi connectivity index (χ1v) is 13.1. The predicted molar refractivity (Wildman–Crippen MR) is 161 cm³/mol. The van der Waals surface area contributed by atoms with E-state index >= 15 is 0 Å². The Morgan fingerprint density at radius 3 is 2.50 bits per heavy atom. The summed E-state index contributed by atoms with van der Waals surface area (Å²) in [5, 5.41) is 11.7. The Morgan fingerprint density at radius 2 is 1.82 bits per heavy atom. The number of carbonyl (C=O) groups excluding carboxylic acids is 1. The zero-order valence-electron chi connectivity index (χ0n) is 22.4. The summed E-state index contributed by atoms with van der Waals surface area (Å²) >= 11 is 5.82. The first kappa shape index (κ1) is 28.5. The summed E-state index contributed by atoms with van der Waals surface area (Å²) in [5.74, 6) is -0.460. The maximum atomic E-state index is 12.8. The summed E-state index contributed by atoms with van der Waals surface area (Å²) in [6.07, 6.45) is 6.83. The largest absolute Gasteiger partial charge is 0.398 e. The molecule has 0 radical (unpaired) electrons. The Labute approximate surface area is 238 Å². The second kappa shape index (κ2) is 13.0. The molecule has 0 saturated heterocycles. The number of benzene rings is 2. The molecule has 0 spiro atoms. The fourth-order valence-corrected chi connectivity index (χ4v) is 4.29. The van der Waals surface area contributed by atoms with Gasteiger partial charge in [0, 0.05) is 42.3 Å². The Balaban J connectivity index is 1.35. The van der Waals surface area contributed by atoms with E-state index < -0.39 is 11.5 Å². The van der Waals surface area contributed by atoms with Crippen LogP contribution in [-0.2, 0) is 13.1 Å². The zero-order chi connectivity index (χ0) is 28.6. The number of pyridine rings is 2. The van der Waals surface area contributed by atoms with Gasteiger partial charge in [0.05, 0.1) is 12.3 Å². The van der Waals surface area contributed by atoms with Crippen LogP contribution < -0.4 is 16.6 Å². The number of hydrogen-bond donors (Lipinski definition) is 3. The highest BCUT2D eigenvalue weighted by atomic mass is 35.5. The lowest BCUT2D eigenvalue weighted by Crippen LogP contribution is -2.33. The molecule has 1 amide bonds. The number of anilines is 1. The van der Waals surface area contributed by atoms with Crippen molar-refractivity contribution in [1.29, 1.82) is 5.41 Å². The number of nitrogen functional groups attached to an aromatic ring is 1. The van der Waals surface area contributed by atoms with Gasteiger partial charge in [0.1, 0.15) is 10.7 Å². The van der Waals surface area contributed by atoms with Gasteiger partial charge in [0.15, 0.2) is 0 Å². The molecular weight excluding hydrogens is 524 g/mol. The van der Waals surface area contributed by atoms with Crippen molar-refractivity contribution >= 4 is 35.0 Å². The van der Waals surface area contributed by atoms with Crippen molar-refractivity contribution in [3.8, 4) is 0 Å². The molecule has 4 N–H and O–H groups in total. The quantitative estimate of drug-likeness (QED) is 0.152. The fourth-order valence-electron chi connectivity index (χ4n) is 4.18. The van der Waals surface area contributed by atoms with E-state index in [1.54, 1.807) is 42.7 Å². The van der Waals surface area contributed by atoms with Crippen molar-refractivity contribution in [1.82, 2.24) is 19.8 Å². The molecular formula is C31H31ClN6O2. The number of nitrogens with zero attached hydrogens (tertiary/aromatic N) is 3. The minimum absolute atomic E-state index is 0.0553. The molecule has 4 aromatic rings. The average molecular weight is 555 g/mol. The normalized spacial score (nSPS) is 11.2. The van der Waals surface area contributed by atoms with Crippen molar-refractivity contribution in [2.24, 2.45) is 0 Å². The molecule has 0 unspecified atom stereocenters. The summed E-state index contributed by atoms with van der Waals surface area (Å²) in [5.41, 5.74) is 11.1. The predicted octanol–water partition coefficient (Wildman–Crippen LogP) is 4.45. The van der Waals surface area contributed by atoms with Crippen LogP contribution in [0.1, 0.15) is 38.2 Å². The molecule has 0 bridgehead atoms. The maximum absolute atomic E-state index is 12.8. The van der Waals surface area contributed by atoms with Gasteiger partial charge in [-0.2, -0.15) is 0 Å². The van der Waals surface area contributed by atoms with E-state index in [0.29, 0.717) is 22.1 Å². The van der Waals surface area contributed by atoms with Crippen molar-refractivity contribution in [2.45, 2.75) is 13.1 Å². The average Bonchev–Trinajstić information content (AvgIpc) is 2.93. The third-order valence-corrected chi connectivity index (χ3v) is 6.41. The number of nitrogens with one attached hydrogen (secondary N) is 2. The van der Waals surface area contributed by atoms with Crippen molar-refractivity contribution in [3.63, 3.8) is 0 Å². The highest BCUT2D eigenvalue weighted by Gasteiger charge is 2.12. The van der Waals surface area contributed by atoms with Crippen LogP contribution in [0.5, 0.6) is 0 Å². The lowest BCUT2D eigenvalue weighted by atomic mass is 9.98. The van der Waals surface area contributed by atoms with Crippen molar-refractivity contribution in [3.05, 3.63) is 134 Å². The molecule has 4 rings (SSSR count). The van der Waals surface area contributed by atoms with Gasteiger partial charge in [-0.3, -0.25) is 15.0 Å². The van der Waals surface area contributed by atoms with Crippen LogP contribution in [0.2, 0.25) is 5.15 Å². The SMILES string of the molecule is CN(C)Cc1ccc(C(=N)c2ccc(/C=C/CNC(=O)c3cccn(Cc4ccc(Cl)nc4)c3=O)cc2N)cc1. The molecule has 0 fully saturated rings. The van der Waals surface area contributed by atoms with E-state index in [0.717, 1.165) is 23.2 Å². The molecule has 204 valence electrons. The summed E-state index contributed by atoms with van der Waals surface area (Å²) in [6.45, 7) is 1.34. The Bertz CT molecular complexity index is 1590. The first-order chi connectivity index (χ1) is 19.2. The van der Waals surface area contributed by atoms with E-state index in [4.69, 9.17) is 22.7 Å². The highest BCUT2D eigenvalue weighted by molar-refractivity contribution is 6.29. The van der Waals surface area contributed by atoms with Crippen LogP contribution in [0, 0.1) is 5.41 Å². The minimum atomic E-state index is -0.460. The van der Waals surface area contributed by atoms with Crippen LogP contribution in [0.15, 0.2) is 90.0 Å². The minimum Gasteiger partial charge on any atom is -0.398 e. The number of aromatic nitrogens is 2. The van der Waals surface area contributed by atoms with Gasteiger partial charge in [-0.05, 0) is 55.1 Å². The molecule has 0 aliphatic carbocycles. The molecule has 40 heavy (non-hydrogen) atoms. The standard InChI is InChI=1S/C31H31ClN6O2/c1-37(2)19-22-7-11-24(12-8-22)29(34)25-13-9-21(17-27(25)33)5-3-15-35-30(39)26-6-4-16-38(31(26)40)20-23-10-14-28(32)36-18-23/h3-14,16-18,34H,15,19-20,33H2,1-2H3,(H,35,39)/b5-3+,34-29?. The smallest absolute Gasteiger partial charge is 0.263 e. The number of halogens is 1. The van der Waals surface area contributed by atoms with E-state index in [1.807, 2.05) is 56.6 Å². The molecule has 0 aliphatic heterocycles. The molecule has 0 aliphatic rings. The van der Waals surface area contributed by atoms with Crippen LogP contribution >= 0.6 is 11.6 Å². The van der Waals surface area contributed by atoms with E-state index in [-0.39, 0.29) is 18.7 Å². The number of nitrogens with two attached hydrogens (primary N) is 1. The van der Waals surface area contributed by atoms with Crippen LogP contribution in [-0.4, -0.2) is 46.7 Å². The summed E-state index contributed by atoms with van der Waals surface area (Å²) in [7, 11) is 4.04. The summed E-state index contributed by atoms with van der Waals surface area (Å²) in [4.78, 5) is 31.6. The lowest BCUT2D eigenvalue weighted by molar-refractivity contribution is 0.0956. The maximum Gasteiger partial charge on any atom is 0.263 e. The van der Waals surface area contributed by atoms with Crippen LogP contribution in [0.4, 0.5) is 5.69 Å². The van der Waals surface area contributed by atoms with Gasteiger partial charge in [0.25, 0.3) is 11.5 Å². The third-order valence-electron chi connectivity index (χ3n) is 6.18. The van der Waals surface area contributed by atoms with Gasteiger partial charge in [0.2, 0.25) is 0 Å². The highest BCUT2D eigenvalue weighted by Crippen LogP contribution is 2.20.